The van der Waals surface area contributed by atoms with Gasteiger partial charge >= 0.3 is 0 Å². The highest BCUT2D eigenvalue weighted by Crippen LogP contribution is 2.27. The topological polar surface area (TPSA) is 37.3 Å². The molecule has 0 radical (unpaired) electrons. The molecule has 0 amide bonds. The van der Waals surface area contributed by atoms with E-state index in [0.29, 0.717) is 17.9 Å². The minimum Gasteiger partial charge on any atom is -0.388 e. The van der Waals surface area contributed by atoms with Crippen molar-refractivity contribution in [2.24, 2.45) is 5.92 Å². The third-order valence-electron chi connectivity index (χ3n) is 2.33. The average Bonchev–Trinajstić information content (AvgIpc) is 1.82. The first-order chi connectivity index (χ1) is 5.52. The minimum absolute atomic E-state index is 0.126. The van der Waals surface area contributed by atoms with Crippen molar-refractivity contribution in [3.05, 3.63) is 11.1 Å². The average molecular weight is 168 g/mol. The number of aliphatic hydroxyl groups excluding tert-OH is 1. The van der Waals surface area contributed by atoms with Crippen LogP contribution in [0.1, 0.15) is 33.6 Å². The summed E-state index contributed by atoms with van der Waals surface area (Å²) in [6.45, 7) is 5.77. The Kier molecular flexibility index (Phi) is 2.68. The summed E-state index contributed by atoms with van der Waals surface area (Å²) in [6.07, 6.45) is 0.801. The zero-order valence-corrected chi connectivity index (χ0v) is 7.92. The van der Waals surface area contributed by atoms with Gasteiger partial charge in [-0.05, 0) is 26.2 Å². The van der Waals surface area contributed by atoms with Gasteiger partial charge in [0.05, 0.1) is 6.10 Å². The number of Topliss-reactive ketones (excluding diaryl/α,β-unsaturated/α-hetero) is 1. The van der Waals surface area contributed by atoms with E-state index in [-0.39, 0.29) is 5.78 Å². The van der Waals surface area contributed by atoms with Crippen LogP contribution >= 0.6 is 0 Å². The van der Waals surface area contributed by atoms with Crippen LogP contribution < -0.4 is 0 Å². The van der Waals surface area contributed by atoms with E-state index >= 15 is 0 Å². The summed E-state index contributed by atoms with van der Waals surface area (Å²) in [5.74, 6) is 0.455. The molecule has 0 heterocycles. The Morgan fingerprint density at radius 2 is 2.08 bits per heavy atom. The molecule has 1 fully saturated rings. The molecule has 0 saturated heterocycles. The lowest BCUT2D eigenvalue weighted by Gasteiger charge is -2.25. The molecular weight excluding hydrogens is 152 g/mol. The van der Waals surface area contributed by atoms with E-state index in [9.17, 15) is 9.90 Å². The van der Waals surface area contributed by atoms with Gasteiger partial charge in [-0.15, -0.1) is 0 Å². The molecule has 68 valence electrons. The smallest absolute Gasteiger partial charge is 0.161 e. The maximum Gasteiger partial charge on any atom is 0.161 e. The highest BCUT2D eigenvalue weighted by Gasteiger charge is 2.28. The van der Waals surface area contributed by atoms with Gasteiger partial charge in [-0.1, -0.05) is 12.5 Å². The van der Waals surface area contributed by atoms with Gasteiger partial charge in [0.1, 0.15) is 0 Å². The highest BCUT2D eigenvalue weighted by atomic mass is 16.3. The number of carbonyl (C=O) groups excluding carboxylic acids is 1. The lowest BCUT2D eigenvalue weighted by atomic mass is 9.82. The predicted molar refractivity (Wildman–Crippen MR) is 47.8 cm³/mol. The van der Waals surface area contributed by atoms with E-state index in [4.69, 9.17) is 0 Å². The summed E-state index contributed by atoms with van der Waals surface area (Å²) in [5, 5.41) is 9.60. The maximum absolute atomic E-state index is 11.4. The molecule has 2 heteroatoms. The fourth-order valence-corrected chi connectivity index (χ4v) is 1.81. The molecule has 0 unspecified atom stereocenters. The zero-order chi connectivity index (χ0) is 9.30. The number of rotatable bonds is 0. The van der Waals surface area contributed by atoms with Gasteiger partial charge in [-0.2, -0.15) is 0 Å². The molecule has 2 nitrogen and oxygen atoms in total. The van der Waals surface area contributed by atoms with Crippen molar-refractivity contribution < 1.29 is 9.90 Å². The summed E-state index contributed by atoms with van der Waals surface area (Å²) in [5.41, 5.74) is 1.60. The van der Waals surface area contributed by atoms with Crippen molar-refractivity contribution in [2.75, 3.05) is 0 Å². The van der Waals surface area contributed by atoms with Crippen LogP contribution in [0.2, 0.25) is 0 Å². The molecule has 2 atom stereocenters. The van der Waals surface area contributed by atoms with Crippen LogP contribution in [-0.4, -0.2) is 17.0 Å². The Morgan fingerprint density at radius 3 is 2.50 bits per heavy atom. The standard InChI is InChI=1S/C10H16O2/c1-6(2)10-8(11)4-7(3)5-9(10)12/h7-8,11H,4-5H2,1-3H3/t7-,8+/m1/s1. The quantitative estimate of drug-likeness (QED) is 0.559. The first-order valence-electron chi connectivity index (χ1n) is 4.41. The molecule has 1 N–H and O–H groups in total. The number of carbonyl (C=O) groups is 1. The van der Waals surface area contributed by atoms with Crippen molar-refractivity contribution in [3.8, 4) is 0 Å². The molecule has 0 aromatic heterocycles. The fraction of sp³-hybridized carbons (Fsp3) is 0.700. The summed E-state index contributed by atoms with van der Waals surface area (Å²) >= 11 is 0. The van der Waals surface area contributed by atoms with E-state index in [1.165, 1.54) is 0 Å². The molecular formula is C10H16O2. The van der Waals surface area contributed by atoms with Gasteiger partial charge in [-0.3, -0.25) is 4.79 Å². The normalized spacial score (nSPS) is 30.7. The van der Waals surface area contributed by atoms with Gasteiger partial charge in [0.25, 0.3) is 0 Å². The monoisotopic (exact) mass is 168 g/mol. The van der Waals surface area contributed by atoms with Crippen molar-refractivity contribution in [1.82, 2.24) is 0 Å². The number of ketones is 1. The second-order valence-corrected chi connectivity index (χ2v) is 3.90. The van der Waals surface area contributed by atoms with Crippen LogP contribution in [0.4, 0.5) is 0 Å². The summed E-state index contributed by atoms with van der Waals surface area (Å²) in [4.78, 5) is 11.4. The van der Waals surface area contributed by atoms with E-state index in [1.807, 2.05) is 20.8 Å². The second-order valence-electron chi connectivity index (χ2n) is 3.90. The van der Waals surface area contributed by atoms with Crippen LogP contribution in [0.25, 0.3) is 0 Å². The van der Waals surface area contributed by atoms with Crippen LogP contribution in [0.3, 0.4) is 0 Å². The Labute approximate surface area is 73.3 Å². The highest BCUT2D eigenvalue weighted by molar-refractivity contribution is 5.97. The van der Waals surface area contributed by atoms with Crippen molar-refractivity contribution in [1.29, 1.82) is 0 Å². The first kappa shape index (κ1) is 9.46. The van der Waals surface area contributed by atoms with Crippen LogP contribution in [-0.2, 0) is 4.79 Å². The summed E-state index contributed by atoms with van der Waals surface area (Å²) in [6, 6.07) is 0. The van der Waals surface area contributed by atoms with Crippen molar-refractivity contribution in [2.45, 2.75) is 39.7 Å². The fourth-order valence-electron chi connectivity index (χ4n) is 1.81. The number of hydrogen-bond acceptors (Lipinski definition) is 2. The second kappa shape index (κ2) is 3.40. The molecule has 0 aromatic rings. The summed E-state index contributed by atoms with van der Waals surface area (Å²) < 4.78 is 0. The van der Waals surface area contributed by atoms with Gasteiger partial charge < -0.3 is 5.11 Å². The third kappa shape index (κ3) is 1.75. The molecule has 1 rings (SSSR count). The predicted octanol–water partition coefficient (Wildman–Crippen LogP) is 1.68. The molecule has 12 heavy (non-hydrogen) atoms. The molecule has 1 aliphatic carbocycles. The van der Waals surface area contributed by atoms with E-state index < -0.39 is 6.10 Å². The number of aliphatic hydroxyl groups is 1. The SMILES string of the molecule is CC(C)=C1C(=O)C[C@H](C)C[C@@H]1O. The molecule has 0 bridgehead atoms. The van der Waals surface area contributed by atoms with Gasteiger partial charge in [0, 0.05) is 12.0 Å². The van der Waals surface area contributed by atoms with Crippen molar-refractivity contribution >= 4 is 5.78 Å². The minimum atomic E-state index is -0.522. The Hall–Kier alpha value is -0.630. The van der Waals surface area contributed by atoms with E-state index in [1.54, 1.807) is 0 Å². The van der Waals surface area contributed by atoms with Crippen molar-refractivity contribution in [3.63, 3.8) is 0 Å². The van der Waals surface area contributed by atoms with Gasteiger partial charge in [0.15, 0.2) is 5.78 Å². The van der Waals surface area contributed by atoms with Gasteiger partial charge in [-0.25, -0.2) is 0 Å². The Balaban J connectivity index is 2.89. The molecule has 0 aliphatic heterocycles. The Morgan fingerprint density at radius 1 is 1.50 bits per heavy atom. The Bertz CT molecular complexity index is 224. The first-order valence-corrected chi connectivity index (χ1v) is 4.41. The zero-order valence-electron chi connectivity index (χ0n) is 7.92. The largest absolute Gasteiger partial charge is 0.388 e. The molecule has 1 saturated carbocycles. The van der Waals surface area contributed by atoms with Crippen LogP contribution in [0, 0.1) is 5.92 Å². The molecule has 1 aliphatic rings. The van der Waals surface area contributed by atoms with Crippen LogP contribution in [0.5, 0.6) is 0 Å². The third-order valence-corrected chi connectivity index (χ3v) is 2.33. The lowest BCUT2D eigenvalue weighted by Crippen LogP contribution is -2.29. The molecule has 0 spiro atoms. The van der Waals surface area contributed by atoms with Gasteiger partial charge in [0.2, 0.25) is 0 Å². The number of allylic oxidation sites excluding steroid dienone is 1. The lowest BCUT2D eigenvalue weighted by molar-refractivity contribution is -0.119. The molecule has 0 aromatic carbocycles. The number of hydrogen-bond donors (Lipinski definition) is 1. The maximum atomic E-state index is 11.4. The summed E-state index contributed by atoms with van der Waals surface area (Å²) in [7, 11) is 0. The van der Waals surface area contributed by atoms with Crippen LogP contribution in [0.15, 0.2) is 11.1 Å². The van der Waals surface area contributed by atoms with E-state index in [2.05, 4.69) is 0 Å². The van der Waals surface area contributed by atoms with E-state index in [0.717, 1.165) is 12.0 Å².